The van der Waals surface area contributed by atoms with E-state index in [9.17, 15) is 9.90 Å². The zero-order valence-electron chi connectivity index (χ0n) is 13.2. The predicted octanol–water partition coefficient (Wildman–Crippen LogP) is 4.01. The van der Waals surface area contributed by atoms with Gasteiger partial charge >= 0.3 is 0 Å². The van der Waals surface area contributed by atoms with E-state index in [1.54, 1.807) is 30.3 Å². The first-order valence-electron chi connectivity index (χ1n) is 7.75. The van der Waals surface area contributed by atoms with Crippen LogP contribution in [0.4, 0.5) is 0 Å². The van der Waals surface area contributed by atoms with Gasteiger partial charge in [-0.3, -0.25) is 4.79 Å². The van der Waals surface area contributed by atoms with E-state index in [0.717, 1.165) is 12.0 Å². The quantitative estimate of drug-likeness (QED) is 0.669. The molecule has 2 aromatic carbocycles. The number of ketones is 1. The number of rotatable bonds is 5. The number of aliphatic hydroxyl groups excluding tert-OH is 1. The topological polar surface area (TPSA) is 37.3 Å². The SMILES string of the molecule is CCC/C(=C\C#Cc1ccccc1)C(O)C(=O)c1ccccc1. The molecule has 1 unspecified atom stereocenters. The van der Waals surface area contributed by atoms with Crippen LogP contribution < -0.4 is 0 Å². The van der Waals surface area contributed by atoms with Crippen molar-refractivity contribution in [2.75, 3.05) is 0 Å². The van der Waals surface area contributed by atoms with Crippen molar-refractivity contribution in [2.24, 2.45) is 0 Å². The molecule has 1 atom stereocenters. The summed E-state index contributed by atoms with van der Waals surface area (Å²) in [5.74, 6) is 5.68. The molecule has 0 aliphatic heterocycles. The Bertz CT molecular complexity index is 719. The van der Waals surface area contributed by atoms with Crippen molar-refractivity contribution in [3.8, 4) is 11.8 Å². The fourth-order valence-corrected chi connectivity index (χ4v) is 2.24. The Hall–Kier alpha value is -2.63. The van der Waals surface area contributed by atoms with E-state index in [1.807, 2.05) is 43.3 Å². The lowest BCUT2D eigenvalue weighted by atomic mass is 9.96. The maximum atomic E-state index is 12.4. The van der Waals surface area contributed by atoms with Crippen molar-refractivity contribution in [2.45, 2.75) is 25.9 Å². The molecule has 2 rings (SSSR count). The maximum absolute atomic E-state index is 12.4. The van der Waals surface area contributed by atoms with Crippen LogP contribution in [0.15, 0.2) is 72.3 Å². The molecule has 2 heteroatoms. The summed E-state index contributed by atoms with van der Waals surface area (Å²) in [6.45, 7) is 2.01. The Balaban J connectivity index is 2.19. The molecule has 0 saturated heterocycles. The molecule has 2 nitrogen and oxygen atoms in total. The largest absolute Gasteiger partial charge is 0.380 e. The van der Waals surface area contributed by atoms with Gasteiger partial charge in [-0.15, -0.1) is 0 Å². The average Bonchev–Trinajstić information content (AvgIpc) is 2.61. The summed E-state index contributed by atoms with van der Waals surface area (Å²) in [6, 6.07) is 18.5. The third-order valence-electron chi connectivity index (χ3n) is 3.44. The minimum absolute atomic E-state index is 0.285. The first-order chi connectivity index (χ1) is 11.2. The summed E-state index contributed by atoms with van der Waals surface area (Å²) in [5, 5.41) is 10.4. The summed E-state index contributed by atoms with van der Waals surface area (Å²) >= 11 is 0. The van der Waals surface area contributed by atoms with E-state index in [1.165, 1.54) is 0 Å². The highest BCUT2D eigenvalue weighted by atomic mass is 16.3. The number of aliphatic hydroxyl groups is 1. The average molecular weight is 304 g/mol. The summed E-state index contributed by atoms with van der Waals surface area (Å²) in [6.07, 6.45) is 2.02. The molecule has 0 aromatic heterocycles. The fourth-order valence-electron chi connectivity index (χ4n) is 2.24. The van der Waals surface area contributed by atoms with Gasteiger partial charge in [0.1, 0.15) is 6.10 Å². The molecule has 0 bridgehead atoms. The summed E-state index contributed by atoms with van der Waals surface area (Å²) < 4.78 is 0. The second-order valence-electron chi connectivity index (χ2n) is 5.24. The molecule has 1 N–H and O–H groups in total. The molecule has 0 spiro atoms. The van der Waals surface area contributed by atoms with Crippen LogP contribution in [-0.2, 0) is 0 Å². The molecule has 116 valence electrons. The molecule has 23 heavy (non-hydrogen) atoms. The van der Waals surface area contributed by atoms with Crippen LogP contribution in [0.25, 0.3) is 0 Å². The van der Waals surface area contributed by atoms with Crippen LogP contribution in [0.2, 0.25) is 0 Å². The monoisotopic (exact) mass is 304 g/mol. The van der Waals surface area contributed by atoms with E-state index in [-0.39, 0.29) is 5.78 Å². The molecule has 0 aliphatic rings. The molecule has 2 aromatic rings. The Labute approximate surface area is 137 Å². The number of carbonyl (C=O) groups excluding carboxylic acids is 1. The number of benzene rings is 2. The van der Waals surface area contributed by atoms with Crippen molar-refractivity contribution in [1.29, 1.82) is 0 Å². The second-order valence-corrected chi connectivity index (χ2v) is 5.24. The number of carbonyl (C=O) groups is 1. The fraction of sp³-hybridized carbons (Fsp3) is 0.190. The predicted molar refractivity (Wildman–Crippen MR) is 93.1 cm³/mol. The zero-order valence-corrected chi connectivity index (χ0v) is 13.2. The van der Waals surface area contributed by atoms with Gasteiger partial charge in [0.05, 0.1) is 0 Å². The normalized spacial score (nSPS) is 12.2. The Morgan fingerprint density at radius 3 is 2.30 bits per heavy atom. The number of Topliss-reactive ketones (excluding diaryl/α,β-unsaturated/α-hetero) is 1. The summed E-state index contributed by atoms with van der Waals surface area (Å²) in [7, 11) is 0. The van der Waals surface area contributed by atoms with Crippen LogP contribution in [-0.4, -0.2) is 17.0 Å². The zero-order chi connectivity index (χ0) is 16.5. The smallest absolute Gasteiger partial charge is 0.195 e. The van der Waals surface area contributed by atoms with Crippen LogP contribution in [0.1, 0.15) is 35.7 Å². The van der Waals surface area contributed by atoms with E-state index >= 15 is 0 Å². The molecule has 0 fully saturated rings. The summed E-state index contributed by atoms with van der Waals surface area (Å²) in [4.78, 5) is 12.4. The lowest BCUT2D eigenvalue weighted by molar-refractivity contribution is 0.0800. The van der Waals surface area contributed by atoms with Crippen LogP contribution in [0.5, 0.6) is 0 Å². The van der Waals surface area contributed by atoms with Gasteiger partial charge < -0.3 is 5.11 Å². The minimum Gasteiger partial charge on any atom is -0.380 e. The van der Waals surface area contributed by atoms with Gasteiger partial charge in [-0.1, -0.05) is 73.7 Å². The highest BCUT2D eigenvalue weighted by Crippen LogP contribution is 2.15. The molecule has 0 amide bonds. The van der Waals surface area contributed by atoms with Gasteiger partial charge in [-0.05, 0) is 30.2 Å². The molecule has 0 radical (unpaired) electrons. The van der Waals surface area contributed by atoms with Gasteiger partial charge in [0.2, 0.25) is 0 Å². The lowest BCUT2D eigenvalue weighted by Gasteiger charge is -2.12. The standard InChI is InChI=1S/C21H20O2/c1-2-10-18(16-9-13-17-11-5-3-6-12-17)20(22)21(23)19-14-7-4-8-15-19/h3-8,11-12,14-16,20,22H,2,10H2,1H3/b18-16+. The van der Waals surface area contributed by atoms with Crippen LogP contribution in [0, 0.1) is 11.8 Å². The first-order valence-corrected chi connectivity index (χ1v) is 7.75. The van der Waals surface area contributed by atoms with Gasteiger partial charge in [0.25, 0.3) is 0 Å². The van der Waals surface area contributed by atoms with Crippen LogP contribution in [0.3, 0.4) is 0 Å². The lowest BCUT2D eigenvalue weighted by Crippen LogP contribution is -2.23. The molecule has 0 aliphatic carbocycles. The molecular formula is C21H20O2. The van der Waals surface area contributed by atoms with Crippen molar-refractivity contribution >= 4 is 5.78 Å². The van der Waals surface area contributed by atoms with Gasteiger partial charge in [-0.2, -0.15) is 0 Å². The number of hydrogen-bond donors (Lipinski definition) is 1. The van der Waals surface area contributed by atoms with Crippen LogP contribution >= 0.6 is 0 Å². The van der Waals surface area contributed by atoms with E-state index < -0.39 is 6.10 Å². The minimum atomic E-state index is -1.14. The third kappa shape index (κ3) is 4.95. The first kappa shape index (κ1) is 16.7. The third-order valence-corrected chi connectivity index (χ3v) is 3.44. The van der Waals surface area contributed by atoms with Crippen molar-refractivity contribution in [1.82, 2.24) is 0 Å². The van der Waals surface area contributed by atoms with E-state index in [2.05, 4.69) is 11.8 Å². The number of allylic oxidation sites excluding steroid dienone is 1. The van der Waals surface area contributed by atoms with Gasteiger partial charge in [0, 0.05) is 11.1 Å². The second kappa shape index (κ2) is 8.73. The van der Waals surface area contributed by atoms with Crippen molar-refractivity contribution < 1.29 is 9.90 Å². The Kier molecular flexibility index (Phi) is 6.35. The molecule has 0 heterocycles. The van der Waals surface area contributed by atoms with Gasteiger partial charge in [-0.25, -0.2) is 0 Å². The maximum Gasteiger partial charge on any atom is 0.195 e. The molecular weight excluding hydrogens is 284 g/mol. The highest BCUT2D eigenvalue weighted by Gasteiger charge is 2.20. The Morgan fingerprint density at radius 2 is 1.70 bits per heavy atom. The molecule has 0 saturated carbocycles. The number of hydrogen-bond acceptors (Lipinski definition) is 2. The Morgan fingerprint density at radius 1 is 1.09 bits per heavy atom. The highest BCUT2D eigenvalue weighted by molar-refractivity contribution is 6.01. The van der Waals surface area contributed by atoms with Gasteiger partial charge in [0.15, 0.2) is 5.78 Å². The van der Waals surface area contributed by atoms with E-state index in [0.29, 0.717) is 17.6 Å². The summed E-state index contributed by atoms with van der Waals surface area (Å²) in [5.41, 5.74) is 2.08. The van der Waals surface area contributed by atoms with Crippen molar-refractivity contribution in [3.05, 3.63) is 83.4 Å². The van der Waals surface area contributed by atoms with Crippen molar-refractivity contribution in [3.63, 3.8) is 0 Å². The van der Waals surface area contributed by atoms with E-state index in [4.69, 9.17) is 0 Å².